The highest BCUT2D eigenvalue weighted by Gasteiger charge is 2.29. The Balaban J connectivity index is 1.60. The Morgan fingerprint density at radius 1 is 1.23 bits per heavy atom. The summed E-state index contributed by atoms with van der Waals surface area (Å²) in [6.07, 6.45) is 2.73. The van der Waals surface area contributed by atoms with E-state index in [1.807, 2.05) is 20.8 Å². The van der Waals surface area contributed by atoms with Gasteiger partial charge in [-0.3, -0.25) is 4.79 Å². The summed E-state index contributed by atoms with van der Waals surface area (Å²) in [4.78, 5) is 29.2. The zero-order chi connectivity index (χ0) is 21.5. The number of likely N-dealkylation sites (tertiary alicyclic amines) is 1. The largest absolute Gasteiger partial charge is 0.444 e. The first-order valence-corrected chi connectivity index (χ1v) is 10.1. The quantitative estimate of drug-likeness (QED) is 0.691. The van der Waals surface area contributed by atoms with Crippen molar-refractivity contribution in [1.82, 2.24) is 19.5 Å². The molecule has 0 saturated carbocycles. The van der Waals surface area contributed by atoms with Crippen LogP contribution < -0.4 is 5.56 Å². The Morgan fingerprint density at radius 2 is 1.97 bits per heavy atom. The Morgan fingerprint density at radius 3 is 2.63 bits per heavy atom. The van der Waals surface area contributed by atoms with E-state index in [1.165, 1.54) is 12.1 Å². The fourth-order valence-electron chi connectivity index (χ4n) is 3.86. The molecule has 4 rings (SSSR count). The molecule has 0 bridgehead atoms. The number of fused-ring (bicyclic) bond motifs is 1. The SMILES string of the molecule is CC(C)(C)OC(=O)N1CCC(c2cc(=O)[nH]c3c(-c4cccc(F)c4)cnn23)CC1. The van der Waals surface area contributed by atoms with Gasteiger partial charge in [0, 0.05) is 30.6 Å². The molecular weight excluding hydrogens is 387 g/mol. The van der Waals surface area contributed by atoms with Gasteiger partial charge in [-0.15, -0.1) is 0 Å². The first kappa shape index (κ1) is 20.1. The average Bonchev–Trinajstić information content (AvgIpc) is 3.10. The van der Waals surface area contributed by atoms with Crippen molar-refractivity contribution in [2.45, 2.75) is 45.1 Å². The number of amides is 1. The normalized spacial score (nSPS) is 15.5. The van der Waals surface area contributed by atoms with Gasteiger partial charge in [-0.25, -0.2) is 13.7 Å². The molecule has 1 aliphatic rings. The van der Waals surface area contributed by atoms with Crippen molar-refractivity contribution in [3.8, 4) is 11.1 Å². The molecule has 2 aromatic heterocycles. The van der Waals surface area contributed by atoms with E-state index in [9.17, 15) is 14.0 Å². The van der Waals surface area contributed by atoms with Crippen LogP contribution in [0.15, 0.2) is 41.3 Å². The van der Waals surface area contributed by atoms with Crippen LogP contribution in [0.1, 0.15) is 45.2 Å². The molecule has 1 saturated heterocycles. The van der Waals surface area contributed by atoms with Gasteiger partial charge in [0.05, 0.1) is 11.9 Å². The molecule has 1 aromatic carbocycles. The van der Waals surface area contributed by atoms with Gasteiger partial charge in [0.15, 0.2) is 0 Å². The number of piperidine rings is 1. The Hall–Kier alpha value is -3.16. The van der Waals surface area contributed by atoms with E-state index in [-0.39, 0.29) is 23.4 Å². The number of nitrogens with zero attached hydrogens (tertiary/aromatic N) is 3. The minimum Gasteiger partial charge on any atom is -0.444 e. The van der Waals surface area contributed by atoms with Crippen molar-refractivity contribution >= 4 is 11.7 Å². The lowest BCUT2D eigenvalue weighted by Gasteiger charge is -2.33. The fraction of sp³-hybridized carbons (Fsp3) is 0.409. The molecule has 1 aliphatic heterocycles. The van der Waals surface area contributed by atoms with Crippen molar-refractivity contribution in [2.24, 2.45) is 0 Å². The van der Waals surface area contributed by atoms with Crippen LogP contribution in [0.2, 0.25) is 0 Å². The molecule has 0 radical (unpaired) electrons. The highest BCUT2D eigenvalue weighted by Crippen LogP contribution is 2.30. The summed E-state index contributed by atoms with van der Waals surface area (Å²) in [6, 6.07) is 7.76. The maximum absolute atomic E-state index is 13.7. The summed E-state index contributed by atoms with van der Waals surface area (Å²) < 4.78 is 20.8. The molecule has 1 amide bonds. The van der Waals surface area contributed by atoms with E-state index in [4.69, 9.17) is 4.74 Å². The predicted octanol–water partition coefficient (Wildman–Crippen LogP) is 3.94. The maximum Gasteiger partial charge on any atom is 0.410 e. The Labute approximate surface area is 173 Å². The number of rotatable bonds is 2. The second-order valence-electron chi connectivity index (χ2n) is 8.63. The van der Waals surface area contributed by atoms with Crippen molar-refractivity contribution in [2.75, 3.05) is 13.1 Å². The Kier molecular flexibility index (Phi) is 5.09. The van der Waals surface area contributed by atoms with Crippen molar-refractivity contribution in [3.63, 3.8) is 0 Å². The van der Waals surface area contributed by atoms with E-state index in [0.29, 0.717) is 42.7 Å². The molecular formula is C22H25FN4O3. The summed E-state index contributed by atoms with van der Waals surface area (Å²) in [5, 5.41) is 4.46. The second kappa shape index (κ2) is 7.59. The number of halogens is 1. The number of nitrogens with one attached hydrogen (secondary N) is 1. The summed E-state index contributed by atoms with van der Waals surface area (Å²) in [6.45, 7) is 6.63. The number of hydrogen-bond acceptors (Lipinski definition) is 4. The predicted molar refractivity (Wildman–Crippen MR) is 111 cm³/mol. The Bertz CT molecular complexity index is 1140. The highest BCUT2D eigenvalue weighted by atomic mass is 19.1. The van der Waals surface area contributed by atoms with Gasteiger partial charge in [-0.2, -0.15) is 5.10 Å². The lowest BCUT2D eigenvalue weighted by molar-refractivity contribution is 0.0203. The van der Waals surface area contributed by atoms with E-state index < -0.39 is 5.60 Å². The van der Waals surface area contributed by atoms with E-state index in [0.717, 1.165) is 5.69 Å². The molecule has 30 heavy (non-hydrogen) atoms. The van der Waals surface area contributed by atoms with Gasteiger partial charge < -0.3 is 14.6 Å². The van der Waals surface area contributed by atoms with Gasteiger partial charge >= 0.3 is 6.09 Å². The number of aromatic amines is 1. The first-order valence-electron chi connectivity index (χ1n) is 10.1. The molecule has 8 heteroatoms. The van der Waals surface area contributed by atoms with Gasteiger partial charge in [-0.1, -0.05) is 12.1 Å². The monoisotopic (exact) mass is 412 g/mol. The lowest BCUT2D eigenvalue weighted by Crippen LogP contribution is -2.41. The van der Waals surface area contributed by atoms with Gasteiger partial charge in [0.25, 0.3) is 5.56 Å². The first-order chi connectivity index (χ1) is 14.2. The molecule has 7 nitrogen and oxygen atoms in total. The summed E-state index contributed by atoms with van der Waals surface area (Å²) in [7, 11) is 0. The van der Waals surface area contributed by atoms with Crippen molar-refractivity contribution in [3.05, 3.63) is 58.4 Å². The van der Waals surface area contributed by atoms with E-state index in [2.05, 4.69) is 10.1 Å². The third kappa shape index (κ3) is 4.08. The van der Waals surface area contributed by atoms with Crippen LogP contribution in [-0.2, 0) is 4.74 Å². The minimum absolute atomic E-state index is 0.0775. The number of ether oxygens (including phenoxy) is 1. The van der Waals surface area contributed by atoms with Crippen LogP contribution in [0, 0.1) is 5.82 Å². The van der Waals surface area contributed by atoms with Crippen molar-refractivity contribution < 1.29 is 13.9 Å². The van der Waals surface area contributed by atoms with Crippen molar-refractivity contribution in [1.29, 1.82) is 0 Å². The number of aromatic nitrogens is 3. The van der Waals surface area contributed by atoms with Crippen LogP contribution in [0.25, 0.3) is 16.8 Å². The number of carbonyl (C=O) groups excluding carboxylic acids is 1. The zero-order valence-electron chi connectivity index (χ0n) is 17.3. The summed E-state index contributed by atoms with van der Waals surface area (Å²) in [5.74, 6) is -0.270. The third-order valence-electron chi connectivity index (χ3n) is 5.23. The molecule has 3 heterocycles. The maximum atomic E-state index is 13.7. The van der Waals surface area contributed by atoms with Gasteiger partial charge in [0.2, 0.25) is 0 Å². The molecule has 1 N–H and O–H groups in total. The van der Waals surface area contributed by atoms with Crippen LogP contribution in [0.4, 0.5) is 9.18 Å². The smallest absolute Gasteiger partial charge is 0.410 e. The standard InChI is InChI=1S/C22H25FN4O3/c1-22(2,3)30-21(29)26-9-7-14(8-10-26)18-12-19(28)25-20-17(13-24-27(18)20)15-5-4-6-16(23)11-15/h4-6,11-14H,7-10H2,1-3H3,(H,25,28). The van der Waals surface area contributed by atoms with Crippen LogP contribution in [0.3, 0.4) is 0 Å². The number of H-pyrrole nitrogens is 1. The van der Waals surface area contributed by atoms with Crippen LogP contribution in [-0.4, -0.2) is 44.3 Å². The van der Waals surface area contributed by atoms with Gasteiger partial charge in [0.1, 0.15) is 17.1 Å². The minimum atomic E-state index is -0.533. The van der Waals surface area contributed by atoms with Crippen LogP contribution >= 0.6 is 0 Å². The molecule has 0 spiro atoms. The number of hydrogen-bond donors (Lipinski definition) is 1. The topological polar surface area (TPSA) is 79.7 Å². The lowest BCUT2D eigenvalue weighted by atomic mass is 9.93. The molecule has 158 valence electrons. The molecule has 0 atom stereocenters. The average molecular weight is 412 g/mol. The third-order valence-corrected chi connectivity index (χ3v) is 5.23. The molecule has 0 aliphatic carbocycles. The van der Waals surface area contributed by atoms with E-state index in [1.54, 1.807) is 33.8 Å². The van der Waals surface area contributed by atoms with Crippen LogP contribution in [0.5, 0.6) is 0 Å². The molecule has 0 unspecified atom stereocenters. The fourth-order valence-corrected chi connectivity index (χ4v) is 3.86. The zero-order valence-corrected chi connectivity index (χ0v) is 17.3. The van der Waals surface area contributed by atoms with E-state index >= 15 is 0 Å². The van der Waals surface area contributed by atoms with Gasteiger partial charge in [-0.05, 0) is 51.3 Å². The second-order valence-corrected chi connectivity index (χ2v) is 8.63. The molecule has 3 aromatic rings. The number of benzene rings is 1. The summed E-state index contributed by atoms with van der Waals surface area (Å²) >= 11 is 0. The number of carbonyl (C=O) groups is 1. The summed E-state index contributed by atoms with van der Waals surface area (Å²) in [5.41, 5.74) is 1.88. The molecule has 1 fully saturated rings. The highest BCUT2D eigenvalue weighted by molar-refractivity contribution is 5.77.